The molecule has 1 fully saturated rings. The normalized spacial score (nSPS) is 20.4. The maximum absolute atomic E-state index is 13.9. The van der Waals surface area contributed by atoms with E-state index in [2.05, 4.69) is 20.7 Å². The highest BCUT2D eigenvalue weighted by atomic mass is 79.9. The fraction of sp³-hybridized carbons (Fsp3) is 0.455. The lowest BCUT2D eigenvalue weighted by molar-refractivity contribution is 0.529. The van der Waals surface area contributed by atoms with E-state index in [0.717, 1.165) is 24.7 Å². The molecule has 1 unspecified atom stereocenters. The Balaban J connectivity index is 2.28. The van der Waals surface area contributed by atoms with Crippen molar-refractivity contribution in [2.24, 2.45) is 0 Å². The summed E-state index contributed by atoms with van der Waals surface area (Å²) in [4.78, 5) is -0.407. The molecule has 19 heavy (non-hydrogen) atoms. The Morgan fingerprint density at radius 2 is 2.21 bits per heavy atom. The molecule has 1 heterocycles. The fourth-order valence-corrected chi connectivity index (χ4v) is 5.09. The zero-order chi connectivity index (χ0) is 14.0. The SMILES string of the molecule is Nc1cc(Br)c(F)c(S(=O)(=O)NC2CCCSC2)c1. The minimum atomic E-state index is -3.88. The van der Waals surface area contributed by atoms with Crippen LogP contribution < -0.4 is 10.5 Å². The molecular weight excluding hydrogens is 355 g/mol. The number of hydrogen-bond acceptors (Lipinski definition) is 4. The van der Waals surface area contributed by atoms with Gasteiger partial charge in [0.15, 0.2) is 5.82 Å². The van der Waals surface area contributed by atoms with Gasteiger partial charge in [-0.1, -0.05) is 0 Å². The number of anilines is 1. The van der Waals surface area contributed by atoms with Crippen LogP contribution in [0, 0.1) is 5.82 Å². The molecule has 1 aromatic carbocycles. The van der Waals surface area contributed by atoms with E-state index in [9.17, 15) is 12.8 Å². The summed E-state index contributed by atoms with van der Waals surface area (Å²) in [6.07, 6.45) is 1.73. The summed E-state index contributed by atoms with van der Waals surface area (Å²) >= 11 is 4.66. The van der Waals surface area contributed by atoms with E-state index < -0.39 is 20.7 Å². The smallest absolute Gasteiger partial charge is 0.243 e. The van der Waals surface area contributed by atoms with Crippen LogP contribution >= 0.6 is 27.7 Å². The number of rotatable bonds is 3. The summed E-state index contributed by atoms with van der Waals surface area (Å²) in [6.45, 7) is 0. The predicted molar refractivity (Wildman–Crippen MR) is 79.2 cm³/mol. The van der Waals surface area contributed by atoms with E-state index >= 15 is 0 Å². The van der Waals surface area contributed by atoms with E-state index in [0.29, 0.717) is 5.75 Å². The predicted octanol–water partition coefficient (Wildman–Crippen LogP) is 2.34. The molecule has 0 saturated carbocycles. The monoisotopic (exact) mass is 368 g/mol. The van der Waals surface area contributed by atoms with E-state index in [-0.39, 0.29) is 16.2 Å². The van der Waals surface area contributed by atoms with Crippen molar-refractivity contribution in [1.82, 2.24) is 4.72 Å². The second-order valence-corrected chi connectivity index (χ2v) is 8.04. The Bertz CT molecular complexity index is 574. The van der Waals surface area contributed by atoms with Gasteiger partial charge in [0.05, 0.1) is 4.47 Å². The van der Waals surface area contributed by atoms with Crippen LogP contribution in [-0.4, -0.2) is 26.0 Å². The van der Waals surface area contributed by atoms with Gasteiger partial charge in [-0.25, -0.2) is 17.5 Å². The molecule has 0 amide bonds. The number of benzene rings is 1. The number of hydrogen-bond donors (Lipinski definition) is 2. The highest BCUT2D eigenvalue weighted by Crippen LogP contribution is 2.27. The van der Waals surface area contributed by atoms with Crippen LogP contribution in [0.25, 0.3) is 0 Å². The van der Waals surface area contributed by atoms with Crippen molar-refractivity contribution >= 4 is 43.4 Å². The van der Waals surface area contributed by atoms with Gasteiger partial charge in [0.25, 0.3) is 0 Å². The van der Waals surface area contributed by atoms with Crippen LogP contribution in [-0.2, 0) is 10.0 Å². The van der Waals surface area contributed by atoms with Crippen molar-refractivity contribution in [3.63, 3.8) is 0 Å². The molecule has 0 bridgehead atoms. The maximum atomic E-state index is 13.9. The molecule has 8 heteroatoms. The highest BCUT2D eigenvalue weighted by Gasteiger charge is 2.26. The Morgan fingerprint density at radius 1 is 1.47 bits per heavy atom. The van der Waals surface area contributed by atoms with Gasteiger partial charge in [-0.3, -0.25) is 0 Å². The van der Waals surface area contributed by atoms with Crippen LogP contribution in [0.2, 0.25) is 0 Å². The first-order chi connectivity index (χ1) is 8.90. The van der Waals surface area contributed by atoms with Crippen molar-refractivity contribution in [3.05, 3.63) is 22.4 Å². The van der Waals surface area contributed by atoms with Gasteiger partial charge in [-0.05, 0) is 46.7 Å². The largest absolute Gasteiger partial charge is 0.399 e. The van der Waals surface area contributed by atoms with Gasteiger partial charge in [-0.2, -0.15) is 11.8 Å². The molecule has 106 valence electrons. The van der Waals surface area contributed by atoms with Crippen LogP contribution in [0.4, 0.5) is 10.1 Å². The minimum Gasteiger partial charge on any atom is -0.399 e. The van der Waals surface area contributed by atoms with E-state index in [4.69, 9.17) is 5.73 Å². The summed E-state index contributed by atoms with van der Waals surface area (Å²) in [7, 11) is -3.88. The van der Waals surface area contributed by atoms with E-state index in [1.807, 2.05) is 0 Å². The fourth-order valence-electron chi connectivity index (χ4n) is 1.90. The van der Waals surface area contributed by atoms with Gasteiger partial charge >= 0.3 is 0 Å². The molecule has 2 rings (SSSR count). The zero-order valence-electron chi connectivity index (χ0n) is 10.0. The lowest BCUT2D eigenvalue weighted by atomic mass is 10.2. The first-order valence-corrected chi connectivity index (χ1v) is 9.18. The van der Waals surface area contributed by atoms with Gasteiger partial charge in [0.2, 0.25) is 10.0 Å². The minimum absolute atomic E-state index is 0.0471. The first kappa shape index (κ1) is 15.1. The van der Waals surface area contributed by atoms with Crippen molar-refractivity contribution in [3.8, 4) is 0 Å². The Kier molecular flexibility index (Phi) is 4.75. The van der Waals surface area contributed by atoms with Crippen LogP contribution in [0.3, 0.4) is 0 Å². The molecule has 1 aliphatic heterocycles. The molecule has 0 spiro atoms. The third-order valence-corrected chi connectivity index (χ3v) is 6.10. The van der Waals surface area contributed by atoms with Gasteiger partial charge in [0.1, 0.15) is 4.90 Å². The molecule has 0 aromatic heterocycles. The average molecular weight is 369 g/mol. The Morgan fingerprint density at radius 3 is 2.84 bits per heavy atom. The average Bonchev–Trinajstić information content (AvgIpc) is 2.34. The van der Waals surface area contributed by atoms with E-state index in [1.165, 1.54) is 6.07 Å². The lowest BCUT2D eigenvalue weighted by Crippen LogP contribution is -2.38. The molecule has 1 aromatic rings. The number of nitrogens with one attached hydrogen (secondary N) is 1. The molecule has 0 radical (unpaired) electrons. The molecule has 0 aliphatic carbocycles. The van der Waals surface area contributed by atoms with Crippen LogP contribution in [0.15, 0.2) is 21.5 Å². The van der Waals surface area contributed by atoms with Gasteiger partial charge in [0, 0.05) is 17.5 Å². The standard InChI is InChI=1S/C11H14BrFN2O2S2/c12-9-4-7(14)5-10(11(9)13)19(16,17)15-8-2-1-3-18-6-8/h4-5,8,15H,1-3,6,14H2. The van der Waals surface area contributed by atoms with Crippen molar-refractivity contribution in [1.29, 1.82) is 0 Å². The number of halogens is 2. The number of nitrogens with two attached hydrogens (primary N) is 1. The third kappa shape index (κ3) is 3.62. The molecule has 1 saturated heterocycles. The molecular formula is C11H14BrFN2O2S2. The highest BCUT2D eigenvalue weighted by molar-refractivity contribution is 9.10. The number of nitrogen functional groups attached to an aromatic ring is 1. The van der Waals surface area contributed by atoms with Crippen molar-refractivity contribution in [2.45, 2.75) is 23.8 Å². The lowest BCUT2D eigenvalue weighted by Gasteiger charge is -2.22. The molecule has 3 N–H and O–H groups in total. The topological polar surface area (TPSA) is 72.2 Å². The van der Waals surface area contributed by atoms with Gasteiger partial charge in [-0.15, -0.1) is 0 Å². The molecule has 1 atom stereocenters. The third-order valence-electron chi connectivity index (χ3n) is 2.79. The van der Waals surface area contributed by atoms with Crippen LogP contribution in [0.5, 0.6) is 0 Å². The first-order valence-electron chi connectivity index (χ1n) is 5.75. The number of sulfonamides is 1. The summed E-state index contributed by atoms with van der Waals surface area (Å²) in [5.74, 6) is 0.936. The maximum Gasteiger partial charge on any atom is 0.243 e. The van der Waals surface area contributed by atoms with Crippen molar-refractivity contribution in [2.75, 3.05) is 17.2 Å². The second kappa shape index (κ2) is 5.99. The van der Waals surface area contributed by atoms with E-state index in [1.54, 1.807) is 11.8 Å². The quantitative estimate of drug-likeness (QED) is 0.803. The molecule has 4 nitrogen and oxygen atoms in total. The summed E-state index contributed by atoms with van der Waals surface area (Å²) < 4.78 is 40.9. The Hall–Kier alpha value is -0.310. The number of thioether (sulfide) groups is 1. The summed E-state index contributed by atoms with van der Waals surface area (Å²) in [5.41, 5.74) is 5.77. The molecule has 1 aliphatic rings. The Labute approximate surface area is 124 Å². The second-order valence-electron chi connectivity index (χ2n) is 4.35. The summed E-state index contributed by atoms with van der Waals surface area (Å²) in [6, 6.07) is 2.33. The van der Waals surface area contributed by atoms with Crippen LogP contribution in [0.1, 0.15) is 12.8 Å². The summed E-state index contributed by atoms with van der Waals surface area (Å²) in [5, 5.41) is 0. The van der Waals surface area contributed by atoms with Crippen molar-refractivity contribution < 1.29 is 12.8 Å². The van der Waals surface area contributed by atoms with Gasteiger partial charge < -0.3 is 5.73 Å². The zero-order valence-corrected chi connectivity index (χ0v) is 13.2.